The van der Waals surface area contributed by atoms with E-state index in [0.29, 0.717) is 10.8 Å². The van der Waals surface area contributed by atoms with E-state index in [0.717, 1.165) is 54.3 Å². The standard InChI is InChI=1S/C27H48O/c1-18(2)7-6-8-19(3)23-11-12-24-22-10-9-20-17-21(28)13-15-26(20,4)25(22)14-16-27(23,24)5/h18-25,28H,6-17H2,1-5H3/t19?,20-,21-,22+,23?,24+,25+,26+,27-/m1/s1. The van der Waals surface area contributed by atoms with Crippen molar-refractivity contribution in [3.63, 3.8) is 0 Å². The van der Waals surface area contributed by atoms with Gasteiger partial charge in [-0.25, -0.2) is 0 Å². The molecule has 0 amide bonds. The molecular weight excluding hydrogens is 340 g/mol. The molecule has 4 aliphatic rings. The largest absolute Gasteiger partial charge is 0.393 e. The van der Waals surface area contributed by atoms with Crippen molar-refractivity contribution in [2.75, 3.05) is 0 Å². The minimum absolute atomic E-state index is 0.00830. The summed E-state index contributed by atoms with van der Waals surface area (Å²) in [5.41, 5.74) is 1.15. The van der Waals surface area contributed by atoms with Crippen LogP contribution >= 0.6 is 0 Å². The monoisotopic (exact) mass is 388 g/mol. The Balaban J connectivity index is 1.46. The van der Waals surface area contributed by atoms with Gasteiger partial charge in [-0.2, -0.15) is 0 Å². The average Bonchev–Trinajstić information content (AvgIpc) is 2.99. The van der Waals surface area contributed by atoms with E-state index < -0.39 is 0 Å². The first-order valence-electron chi connectivity index (χ1n) is 12.9. The molecule has 9 atom stereocenters. The summed E-state index contributed by atoms with van der Waals surface area (Å²) in [7, 11) is 0. The third-order valence-electron chi connectivity index (χ3n) is 10.8. The van der Waals surface area contributed by atoms with E-state index in [1.54, 1.807) is 0 Å². The quantitative estimate of drug-likeness (QED) is 0.518. The molecule has 0 aromatic heterocycles. The van der Waals surface area contributed by atoms with Gasteiger partial charge >= 0.3 is 0 Å². The highest BCUT2D eigenvalue weighted by molar-refractivity contribution is 5.09. The van der Waals surface area contributed by atoms with Gasteiger partial charge in [0.25, 0.3) is 0 Å². The summed E-state index contributed by atoms with van der Waals surface area (Å²) in [6.07, 6.45) is 16.6. The first kappa shape index (κ1) is 21.2. The molecule has 28 heavy (non-hydrogen) atoms. The van der Waals surface area contributed by atoms with Crippen molar-refractivity contribution >= 4 is 0 Å². The van der Waals surface area contributed by atoms with Crippen molar-refractivity contribution in [3.05, 3.63) is 0 Å². The van der Waals surface area contributed by atoms with Gasteiger partial charge in [0.2, 0.25) is 0 Å². The van der Waals surface area contributed by atoms with Crippen LogP contribution in [0.1, 0.15) is 112 Å². The summed E-state index contributed by atoms with van der Waals surface area (Å²) < 4.78 is 0. The van der Waals surface area contributed by atoms with Gasteiger partial charge in [0.05, 0.1) is 6.10 Å². The van der Waals surface area contributed by atoms with Crippen LogP contribution < -0.4 is 0 Å². The lowest BCUT2D eigenvalue weighted by molar-refractivity contribution is -0.129. The molecule has 0 spiro atoms. The van der Waals surface area contributed by atoms with Gasteiger partial charge in [0.15, 0.2) is 0 Å². The lowest BCUT2D eigenvalue weighted by atomic mass is 9.44. The minimum atomic E-state index is -0.00830. The molecule has 162 valence electrons. The number of hydrogen-bond donors (Lipinski definition) is 1. The Hall–Kier alpha value is -0.0400. The molecule has 4 saturated carbocycles. The first-order chi connectivity index (χ1) is 13.3. The number of aliphatic hydroxyl groups excluding tert-OH is 1. The Morgan fingerprint density at radius 3 is 2.29 bits per heavy atom. The van der Waals surface area contributed by atoms with E-state index in [-0.39, 0.29) is 6.10 Å². The average molecular weight is 389 g/mol. The van der Waals surface area contributed by atoms with Crippen LogP contribution in [0.15, 0.2) is 0 Å². The molecule has 0 aromatic carbocycles. The Morgan fingerprint density at radius 1 is 0.821 bits per heavy atom. The van der Waals surface area contributed by atoms with E-state index >= 15 is 0 Å². The van der Waals surface area contributed by atoms with Crippen LogP contribution in [0.3, 0.4) is 0 Å². The fourth-order valence-corrected chi connectivity index (χ4v) is 9.26. The molecule has 0 aliphatic heterocycles. The fourth-order valence-electron chi connectivity index (χ4n) is 9.26. The van der Waals surface area contributed by atoms with Crippen molar-refractivity contribution in [3.8, 4) is 0 Å². The molecule has 0 heterocycles. The summed E-state index contributed by atoms with van der Waals surface area (Å²) >= 11 is 0. The van der Waals surface area contributed by atoms with Crippen LogP contribution in [-0.4, -0.2) is 11.2 Å². The second kappa shape index (κ2) is 7.90. The normalized spacial score (nSPS) is 49.4. The highest BCUT2D eigenvalue weighted by Gasteiger charge is 2.60. The van der Waals surface area contributed by atoms with Crippen molar-refractivity contribution in [1.82, 2.24) is 0 Å². The maximum atomic E-state index is 10.3. The zero-order valence-corrected chi connectivity index (χ0v) is 19.6. The molecule has 1 heteroatoms. The number of fused-ring (bicyclic) bond motifs is 5. The van der Waals surface area contributed by atoms with Crippen LogP contribution in [0.2, 0.25) is 0 Å². The van der Waals surface area contributed by atoms with E-state index in [1.807, 2.05) is 0 Å². The zero-order chi connectivity index (χ0) is 20.1. The molecule has 0 aromatic rings. The van der Waals surface area contributed by atoms with Gasteiger partial charge in [-0.3, -0.25) is 0 Å². The molecule has 0 bridgehead atoms. The zero-order valence-electron chi connectivity index (χ0n) is 19.6. The van der Waals surface area contributed by atoms with Gasteiger partial charge in [-0.05, 0) is 110 Å². The summed E-state index contributed by atoms with van der Waals surface area (Å²) in [5, 5.41) is 10.3. The summed E-state index contributed by atoms with van der Waals surface area (Å²) in [5.74, 6) is 6.49. The van der Waals surface area contributed by atoms with E-state index in [1.165, 1.54) is 64.2 Å². The van der Waals surface area contributed by atoms with Crippen molar-refractivity contribution < 1.29 is 5.11 Å². The highest BCUT2D eigenvalue weighted by atomic mass is 16.3. The fraction of sp³-hybridized carbons (Fsp3) is 1.00. The molecule has 1 nitrogen and oxygen atoms in total. The van der Waals surface area contributed by atoms with Gasteiger partial charge in [0.1, 0.15) is 0 Å². The lowest BCUT2D eigenvalue weighted by Gasteiger charge is -2.61. The third kappa shape index (κ3) is 3.50. The summed E-state index contributed by atoms with van der Waals surface area (Å²) in [6, 6.07) is 0. The first-order valence-corrected chi connectivity index (χ1v) is 12.9. The SMILES string of the molecule is CC(C)CCCC(C)C1CC[C@H]2[C@@H]3CC[C@@H]4C[C@H](O)CC[C@]4(C)[C@H]3CC[C@]12C. The Morgan fingerprint density at radius 2 is 1.54 bits per heavy atom. The number of aliphatic hydroxyl groups is 1. The Labute approximate surface area is 175 Å². The molecule has 1 N–H and O–H groups in total. The van der Waals surface area contributed by atoms with E-state index in [4.69, 9.17) is 0 Å². The predicted octanol–water partition coefficient (Wildman–Crippen LogP) is 7.47. The predicted molar refractivity (Wildman–Crippen MR) is 119 cm³/mol. The second-order valence-corrected chi connectivity index (χ2v) is 12.6. The molecular formula is C27H48O. The molecule has 4 fully saturated rings. The van der Waals surface area contributed by atoms with Gasteiger partial charge in [0, 0.05) is 0 Å². The van der Waals surface area contributed by atoms with Gasteiger partial charge < -0.3 is 5.11 Å². The van der Waals surface area contributed by atoms with E-state index in [9.17, 15) is 5.11 Å². The van der Waals surface area contributed by atoms with Crippen LogP contribution in [0.4, 0.5) is 0 Å². The molecule has 0 saturated heterocycles. The van der Waals surface area contributed by atoms with Crippen molar-refractivity contribution in [1.29, 1.82) is 0 Å². The summed E-state index contributed by atoms with van der Waals surface area (Å²) in [6.45, 7) is 12.7. The number of hydrogen-bond acceptors (Lipinski definition) is 1. The Bertz CT molecular complexity index is 540. The highest BCUT2D eigenvalue weighted by Crippen LogP contribution is 2.68. The smallest absolute Gasteiger partial charge is 0.0543 e. The number of rotatable bonds is 5. The minimum Gasteiger partial charge on any atom is -0.393 e. The van der Waals surface area contributed by atoms with Crippen LogP contribution in [0, 0.1) is 52.3 Å². The van der Waals surface area contributed by atoms with Crippen LogP contribution in [-0.2, 0) is 0 Å². The lowest BCUT2D eigenvalue weighted by Crippen LogP contribution is -2.54. The van der Waals surface area contributed by atoms with Crippen LogP contribution in [0.5, 0.6) is 0 Å². The molecule has 0 radical (unpaired) electrons. The maximum Gasteiger partial charge on any atom is 0.0543 e. The molecule has 4 aliphatic carbocycles. The topological polar surface area (TPSA) is 20.2 Å². The molecule has 2 unspecified atom stereocenters. The van der Waals surface area contributed by atoms with Crippen LogP contribution in [0.25, 0.3) is 0 Å². The van der Waals surface area contributed by atoms with Crippen molar-refractivity contribution in [2.24, 2.45) is 52.3 Å². The Kier molecular flexibility index (Phi) is 5.98. The summed E-state index contributed by atoms with van der Waals surface area (Å²) in [4.78, 5) is 0. The molecule has 4 rings (SSSR count). The van der Waals surface area contributed by atoms with Gasteiger partial charge in [-0.1, -0.05) is 53.9 Å². The van der Waals surface area contributed by atoms with Crippen molar-refractivity contribution in [2.45, 2.75) is 118 Å². The third-order valence-corrected chi connectivity index (χ3v) is 10.8. The maximum absolute atomic E-state index is 10.3. The van der Waals surface area contributed by atoms with E-state index in [2.05, 4.69) is 34.6 Å². The van der Waals surface area contributed by atoms with Gasteiger partial charge in [-0.15, -0.1) is 0 Å². The second-order valence-electron chi connectivity index (χ2n) is 12.6.